The highest BCUT2D eigenvalue weighted by molar-refractivity contribution is 9.10. The summed E-state index contributed by atoms with van der Waals surface area (Å²) in [7, 11) is 1.74. The van der Waals surface area contributed by atoms with E-state index in [2.05, 4.69) is 40.3 Å². The number of fused-ring (bicyclic) bond motifs is 1. The van der Waals surface area contributed by atoms with E-state index in [1.54, 1.807) is 7.11 Å². The molecule has 1 aliphatic rings. The molecule has 0 saturated carbocycles. The van der Waals surface area contributed by atoms with Crippen LogP contribution < -0.4 is 10.1 Å². The van der Waals surface area contributed by atoms with Crippen LogP contribution in [0, 0.1) is 5.92 Å². The van der Waals surface area contributed by atoms with Crippen molar-refractivity contribution < 1.29 is 9.47 Å². The molecule has 20 heavy (non-hydrogen) atoms. The second-order valence-electron chi connectivity index (χ2n) is 5.49. The highest BCUT2D eigenvalue weighted by Gasteiger charge is 2.17. The second-order valence-corrected chi connectivity index (χ2v) is 6.41. The maximum absolute atomic E-state index is 5.78. The third-order valence-electron chi connectivity index (χ3n) is 3.71. The lowest BCUT2D eigenvalue weighted by Crippen LogP contribution is -2.25. The van der Waals surface area contributed by atoms with E-state index in [0.717, 1.165) is 44.9 Å². The zero-order valence-electron chi connectivity index (χ0n) is 12.4. The van der Waals surface area contributed by atoms with Gasteiger partial charge in [0.1, 0.15) is 5.75 Å². The van der Waals surface area contributed by atoms with Gasteiger partial charge in [-0.05, 0) is 48.6 Å². The van der Waals surface area contributed by atoms with Gasteiger partial charge in [-0.1, -0.05) is 22.9 Å². The molecule has 1 N–H and O–H groups in total. The van der Waals surface area contributed by atoms with Crippen LogP contribution >= 0.6 is 15.9 Å². The van der Waals surface area contributed by atoms with Gasteiger partial charge in [0.15, 0.2) is 0 Å². The first kappa shape index (κ1) is 15.8. The van der Waals surface area contributed by atoms with Crippen molar-refractivity contribution in [1.82, 2.24) is 5.32 Å². The van der Waals surface area contributed by atoms with Crippen LogP contribution in [0.3, 0.4) is 0 Å². The highest BCUT2D eigenvalue weighted by atomic mass is 79.9. The molecule has 4 heteroatoms. The molecule has 1 aromatic rings. The number of benzene rings is 1. The lowest BCUT2D eigenvalue weighted by atomic mass is 9.98. The fraction of sp³-hybridized carbons (Fsp3) is 0.625. The maximum atomic E-state index is 5.78. The van der Waals surface area contributed by atoms with Crippen molar-refractivity contribution in [3.63, 3.8) is 0 Å². The summed E-state index contributed by atoms with van der Waals surface area (Å²) in [6.45, 7) is 5.86. The molecular formula is C16H24BrNO2. The number of hydrogen-bond donors (Lipinski definition) is 1. The van der Waals surface area contributed by atoms with Crippen molar-refractivity contribution in [2.75, 3.05) is 33.4 Å². The van der Waals surface area contributed by atoms with E-state index >= 15 is 0 Å². The fourth-order valence-electron chi connectivity index (χ4n) is 2.56. The lowest BCUT2D eigenvalue weighted by molar-refractivity contribution is 0.198. The van der Waals surface area contributed by atoms with Crippen molar-refractivity contribution in [2.24, 2.45) is 5.92 Å². The minimum Gasteiger partial charge on any atom is -0.493 e. The van der Waals surface area contributed by atoms with E-state index in [1.165, 1.54) is 22.0 Å². The molecule has 0 fully saturated rings. The summed E-state index contributed by atoms with van der Waals surface area (Å²) in [5, 5.41) is 3.42. The second kappa shape index (κ2) is 8.01. The smallest absolute Gasteiger partial charge is 0.125 e. The SMILES string of the molecule is COCCNCC(C)CCc1cc(Br)cc2c1OCC2. The Morgan fingerprint density at radius 2 is 2.30 bits per heavy atom. The van der Waals surface area contributed by atoms with Crippen LogP contribution in [0.5, 0.6) is 5.75 Å². The molecule has 1 aliphatic heterocycles. The minimum atomic E-state index is 0.655. The molecule has 1 heterocycles. The van der Waals surface area contributed by atoms with E-state index < -0.39 is 0 Å². The molecule has 0 radical (unpaired) electrons. The van der Waals surface area contributed by atoms with Crippen LogP contribution in [0.25, 0.3) is 0 Å². The topological polar surface area (TPSA) is 30.5 Å². The van der Waals surface area contributed by atoms with E-state index in [4.69, 9.17) is 9.47 Å². The Morgan fingerprint density at radius 1 is 1.45 bits per heavy atom. The Labute approximate surface area is 130 Å². The van der Waals surface area contributed by atoms with Crippen LogP contribution in [0.15, 0.2) is 16.6 Å². The molecule has 0 aliphatic carbocycles. The lowest BCUT2D eigenvalue weighted by Gasteiger charge is -2.14. The summed E-state index contributed by atoms with van der Waals surface area (Å²) in [5.74, 6) is 1.79. The Kier molecular flexibility index (Phi) is 6.33. The van der Waals surface area contributed by atoms with Gasteiger partial charge in [-0.15, -0.1) is 0 Å². The summed E-state index contributed by atoms with van der Waals surface area (Å²) in [4.78, 5) is 0. The number of halogens is 1. The Morgan fingerprint density at radius 3 is 3.10 bits per heavy atom. The van der Waals surface area contributed by atoms with E-state index in [1.807, 2.05) is 0 Å². The highest BCUT2D eigenvalue weighted by Crippen LogP contribution is 2.34. The van der Waals surface area contributed by atoms with Crippen LogP contribution in [0.4, 0.5) is 0 Å². The van der Waals surface area contributed by atoms with Gasteiger partial charge in [-0.3, -0.25) is 0 Å². The quantitative estimate of drug-likeness (QED) is 0.736. The molecule has 0 spiro atoms. The number of aryl methyl sites for hydroxylation is 1. The summed E-state index contributed by atoms with van der Waals surface area (Å²) >= 11 is 3.60. The van der Waals surface area contributed by atoms with E-state index in [-0.39, 0.29) is 0 Å². The van der Waals surface area contributed by atoms with E-state index in [9.17, 15) is 0 Å². The maximum Gasteiger partial charge on any atom is 0.125 e. The van der Waals surface area contributed by atoms with Crippen molar-refractivity contribution >= 4 is 15.9 Å². The summed E-state index contributed by atoms with van der Waals surface area (Å²) in [6, 6.07) is 4.39. The van der Waals surface area contributed by atoms with Crippen molar-refractivity contribution in [1.29, 1.82) is 0 Å². The van der Waals surface area contributed by atoms with E-state index in [0.29, 0.717) is 5.92 Å². The molecule has 1 unspecified atom stereocenters. The van der Waals surface area contributed by atoms with Crippen LogP contribution in [-0.4, -0.2) is 33.4 Å². The summed E-state index contributed by atoms with van der Waals surface area (Å²) < 4.78 is 12.0. The minimum absolute atomic E-state index is 0.655. The van der Waals surface area contributed by atoms with Gasteiger partial charge in [-0.25, -0.2) is 0 Å². The normalized spacial score (nSPS) is 14.9. The molecule has 0 amide bonds. The van der Waals surface area contributed by atoms with Crippen molar-refractivity contribution in [3.8, 4) is 5.75 Å². The van der Waals surface area contributed by atoms with Gasteiger partial charge < -0.3 is 14.8 Å². The number of methoxy groups -OCH3 is 1. The molecule has 2 rings (SSSR count). The van der Waals surface area contributed by atoms with Gasteiger partial charge in [0.05, 0.1) is 13.2 Å². The van der Waals surface area contributed by atoms with Gasteiger partial charge in [0, 0.05) is 24.5 Å². The molecule has 0 bridgehead atoms. The average Bonchev–Trinajstić information content (AvgIpc) is 2.89. The summed E-state index contributed by atoms with van der Waals surface area (Å²) in [5.41, 5.74) is 2.69. The molecule has 1 atom stereocenters. The molecule has 1 aromatic carbocycles. The summed E-state index contributed by atoms with van der Waals surface area (Å²) in [6.07, 6.45) is 3.29. The monoisotopic (exact) mass is 341 g/mol. The number of rotatable bonds is 8. The molecule has 0 saturated heterocycles. The Hall–Kier alpha value is -0.580. The Balaban J connectivity index is 1.82. The van der Waals surface area contributed by atoms with Gasteiger partial charge in [0.2, 0.25) is 0 Å². The van der Waals surface area contributed by atoms with Crippen LogP contribution in [0.1, 0.15) is 24.5 Å². The van der Waals surface area contributed by atoms with Crippen LogP contribution in [-0.2, 0) is 17.6 Å². The largest absolute Gasteiger partial charge is 0.493 e. The predicted octanol–water partition coefficient (Wildman–Crippen LogP) is 3.19. The van der Waals surface area contributed by atoms with Crippen molar-refractivity contribution in [3.05, 3.63) is 27.7 Å². The third kappa shape index (κ3) is 4.47. The molecule has 3 nitrogen and oxygen atoms in total. The Bertz CT molecular complexity index is 437. The van der Waals surface area contributed by atoms with Crippen molar-refractivity contribution in [2.45, 2.75) is 26.2 Å². The average molecular weight is 342 g/mol. The standard InChI is InChI=1S/C16H24BrNO2/c1-12(11-18-6-8-19-2)3-4-13-9-15(17)10-14-5-7-20-16(13)14/h9-10,12,18H,3-8,11H2,1-2H3. The number of nitrogens with one attached hydrogen (secondary N) is 1. The number of ether oxygens (including phenoxy) is 2. The predicted molar refractivity (Wildman–Crippen MR) is 85.6 cm³/mol. The van der Waals surface area contributed by atoms with Gasteiger partial charge in [0.25, 0.3) is 0 Å². The first-order valence-corrected chi connectivity index (χ1v) is 8.13. The zero-order chi connectivity index (χ0) is 14.4. The third-order valence-corrected chi connectivity index (χ3v) is 4.17. The molecule has 0 aromatic heterocycles. The first-order valence-electron chi connectivity index (χ1n) is 7.34. The number of hydrogen-bond acceptors (Lipinski definition) is 3. The fourth-order valence-corrected chi connectivity index (χ4v) is 3.11. The zero-order valence-corrected chi connectivity index (χ0v) is 14.0. The first-order chi connectivity index (χ1) is 9.70. The van der Waals surface area contributed by atoms with Gasteiger partial charge >= 0.3 is 0 Å². The van der Waals surface area contributed by atoms with Gasteiger partial charge in [-0.2, -0.15) is 0 Å². The molecule has 112 valence electrons. The molecular weight excluding hydrogens is 318 g/mol. The van der Waals surface area contributed by atoms with Crippen LogP contribution in [0.2, 0.25) is 0 Å².